The average Bonchev–Trinajstić information content (AvgIpc) is 2.97. The lowest BCUT2D eigenvalue weighted by Crippen LogP contribution is -2.39. The maximum atomic E-state index is 5.59. The average molecular weight is 415 g/mol. The molecule has 1 unspecified atom stereocenters. The standard InChI is InChI=1S/C14H29N3O3.HI/c1-15-14(16-7-4-9-19-12-11-18-2)17-8-6-13-5-3-10-20-13;/h13H,3-12H2,1-2H3,(H2,15,16,17);1H. The summed E-state index contributed by atoms with van der Waals surface area (Å²) in [6.07, 6.45) is 4.80. The molecule has 1 fully saturated rings. The van der Waals surface area contributed by atoms with Crippen LogP contribution in [0.25, 0.3) is 0 Å². The minimum atomic E-state index is 0. The number of guanidine groups is 1. The van der Waals surface area contributed by atoms with Crippen LogP contribution in [0.1, 0.15) is 25.7 Å². The second kappa shape index (κ2) is 14.8. The third-order valence-corrected chi connectivity index (χ3v) is 3.20. The van der Waals surface area contributed by atoms with Gasteiger partial charge >= 0.3 is 0 Å². The monoisotopic (exact) mass is 415 g/mol. The molecule has 0 saturated carbocycles. The first-order valence-electron chi connectivity index (χ1n) is 7.49. The van der Waals surface area contributed by atoms with E-state index in [0.717, 1.165) is 45.1 Å². The van der Waals surface area contributed by atoms with Gasteiger partial charge in [-0.25, -0.2) is 0 Å². The maximum absolute atomic E-state index is 5.59. The minimum Gasteiger partial charge on any atom is -0.382 e. The van der Waals surface area contributed by atoms with Crippen LogP contribution >= 0.6 is 24.0 Å². The van der Waals surface area contributed by atoms with Crippen LogP contribution in [0, 0.1) is 0 Å². The van der Waals surface area contributed by atoms with E-state index in [-0.39, 0.29) is 24.0 Å². The van der Waals surface area contributed by atoms with Crippen molar-refractivity contribution in [3.63, 3.8) is 0 Å². The molecule has 0 aromatic rings. The van der Waals surface area contributed by atoms with Crippen LogP contribution in [0.3, 0.4) is 0 Å². The summed E-state index contributed by atoms with van der Waals surface area (Å²) < 4.78 is 15.9. The fraction of sp³-hybridized carbons (Fsp3) is 0.929. The molecule has 0 spiro atoms. The van der Waals surface area contributed by atoms with Crippen molar-refractivity contribution in [1.29, 1.82) is 0 Å². The molecule has 2 N–H and O–H groups in total. The molecule has 21 heavy (non-hydrogen) atoms. The zero-order chi connectivity index (χ0) is 14.5. The third-order valence-electron chi connectivity index (χ3n) is 3.20. The molecule has 1 rings (SSSR count). The number of hydrogen-bond donors (Lipinski definition) is 2. The Morgan fingerprint density at radius 1 is 1.24 bits per heavy atom. The molecule has 0 aliphatic carbocycles. The first kappa shape index (κ1) is 20.9. The molecule has 1 atom stereocenters. The molecule has 6 nitrogen and oxygen atoms in total. The molecule has 1 saturated heterocycles. The fourth-order valence-corrected chi connectivity index (χ4v) is 2.07. The Morgan fingerprint density at radius 2 is 2.05 bits per heavy atom. The second-order valence-electron chi connectivity index (χ2n) is 4.81. The molecule has 1 aliphatic heterocycles. The number of nitrogens with one attached hydrogen (secondary N) is 2. The van der Waals surface area contributed by atoms with Gasteiger partial charge in [-0.05, 0) is 25.7 Å². The molecule has 1 aliphatic rings. The Kier molecular flexibility index (Phi) is 14.7. The summed E-state index contributed by atoms with van der Waals surface area (Å²) in [4.78, 5) is 4.19. The summed E-state index contributed by atoms with van der Waals surface area (Å²) in [5.41, 5.74) is 0. The number of methoxy groups -OCH3 is 1. The van der Waals surface area contributed by atoms with Gasteiger partial charge in [-0.1, -0.05) is 0 Å². The maximum Gasteiger partial charge on any atom is 0.190 e. The lowest BCUT2D eigenvalue weighted by molar-refractivity contribution is 0.0698. The van der Waals surface area contributed by atoms with E-state index in [4.69, 9.17) is 14.2 Å². The van der Waals surface area contributed by atoms with Crippen LogP contribution in [0.2, 0.25) is 0 Å². The summed E-state index contributed by atoms with van der Waals surface area (Å²) in [5.74, 6) is 0.847. The van der Waals surface area contributed by atoms with Crippen LogP contribution in [0.15, 0.2) is 4.99 Å². The van der Waals surface area contributed by atoms with Gasteiger partial charge < -0.3 is 24.8 Å². The molecule has 0 bridgehead atoms. The van der Waals surface area contributed by atoms with E-state index in [0.29, 0.717) is 19.3 Å². The van der Waals surface area contributed by atoms with Crippen molar-refractivity contribution < 1.29 is 14.2 Å². The van der Waals surface area contributed by atoms with Crippen molar-refractivity contribution in [1.82, 2.24) is 10.6 Å². The van der Waals surface area contributed by atoms with Crippen LogP contribution in [0.5, 0.6) is 0 Å². The lowest BCUT2D eigenvalue weighted by Gasteiger charge is -2.14. The van der Waals surface area contributed by atoms with Gasteiger partial charge in [0, 0.05) is 40.5 Å². The molecule has 0 amide bonds. The summed E-state index contributed by atoms with van der Waals surface area (Å²) in [5, 5.41) is 6.58. The molecule has 126 valence electrons. The van der Waals surface area contributed by atoms with Gasteiger partial charge in [0.2, 0.25) is 0 Å². The molecule has 0 radical (unpaired) electrons. The summed E-state index contributed by atoms with van der Waals surface area (Å²) in [6, 6.07) is 0. The number of nitrogens with zero attached hydrogens (tertiary/aromatic N) is 1. The zero-order valence-corrected chi connectivity index (χ0v) is 15.6. The van der Waals surface area contributed by atoms with E-state index in [1.807, 2.05) is 0 Å². The van der Waals surface area contributed by atoms with Gasteiger partial charge in [0.1, 0.15) is 0 Å². The minimum absolute atomic E-state index is 0. The first-order chi connectivity index (χ1) is 9.86. The van der Waals surface area contributed by atoms with Crippen molar-refractivity contribution in [3.8, 4) is 0 Å². The highest BCUT2D eigenvalue weighted by Gasteiger charge is 2.14. The van der Waals surface area contributed by atoms with E-state index >= 15 is 0 Å². The van der Waals surface area contributed by atoms with Gasteiger partial charge in [-0.2, -0.15) is 0 Å². The van der Waals surface area contributed by atoms with Gasteiger partial charge in [0.25, 0.3) is 0 Å². The van der Waals surface area contributed by atoms with Gasteiger partial charge in [-0.15, -0.1) is 24.0 Å². The van der Waals surface area contributed by atoms with Crippen molar-refractivity contribution in [2.75, 3.05) is 53.7 Å². The van der Waals surface area contributed by atoms with E-state index < -0.39 is 0 Å². The molecular formula is C14H30IN3O3. The topological polar surface area (TPSA) is 64.1 Å². The second-order valence-corrected chi connectivity index (χ2v) is 4.81. The fourth-order valence-electron chi connectivity index (χ4n) is 2.07. The van der Waals surface area contributed by atoms with E-state index in [1.54, 1.807) is 14.2 Å². The van der Waals surface area contributed by atoms with Crippen LogP contribution in [-0.2, 0) is 14.2 Å². The highest BCUT2D eigenvalue weighted by Crippen LogP contribution is 2.14. The first-order valence-corrected chi connectivity index (χ1v) is 7.49. The van der Waals surface area contributed by atoms with E-state index in [2.05, 4.69) is 15.6 Å². The highest BCUT2D eigenvalue weighted by molar-refractivity contribution is 14.0. The predicted octanol–water partition coefficient (Wildman–Crippen LogP) is 1.39. The number of halogens is 1. The Labute approximate surface area is 145 Å². The number of rotatable bonds is 10. The quantitative estimate of drug-likeness (QED) is 0.244. The van der Waals surface area contributed by atoms with Gasteiger partial charge in [-0.3, -0.25) is 4.99 Å². The van der Waals surface area contributed by atoms with E-state index in [9.17, 15) is 0 Å². The zero-order valence-electron chi connectivity index (χ0n) is 13.2. The highest BCUT2D eigenvalue weighted by atomic mass is 127. The van der Waals surface area contributed by atoms with Crippen LogP contribution < -0.4 is 10.6 Å². The number of aliphatic imine (C=N–C) groups is 1. The Hall–Kier alpha value is -0.120. The van der Waals surface area contributed by atoms with Gasteiger partial charge in [0.15, 0.2) is 5.96 Å². The van der Waals surface area contributed by atoms with Crippen molar-refractivity contribution in [3.05, 3.63) is 0 Å². The molecule has 0 aromatic heterocycles. The van der Waals surface area contributed by atoms with Gasteiger partial charge in [0.05, 0.1) is 19.3 Å². The van der Waals surface area contributed by atoms with Crippen molar-refractivity contribution >= 4 is 29.9 Å². The number of hydrogen-bond acceptors (Lipinski definition) is 4. The SMILES string of the molecule is CN=C(NCCCOCCOC)NCCC1CCCO1.I. The molecule has 0 aromatic carbocycles. The number of ether oxygens (including phenoxy) is 3. The summed E-state index contributed by atoms with van der Waals surface area (Å²) in [7, 11) is 3.47. The van der Waals surface area contributed by atoms with Crippen molar-refractivity contribution in [2.45, 2.75) is 31.8 Å². The Morgan fingerprint density at radius 3 is 2.71 bits per heavy atom. The summed E-state index contributed by atoms with van der Waals surface area (Å²) >= 11 is 0. The molecule has 7 heteroatoms. The Bertz CT molecular complexity index is 262. The predicted molar refractivity (Wildman–Crippen MR) is 95.7 cm³/mol. The smallest absolute Gasteiger partial charge is 0.190 e. The largest absolute Gasteiger partial charge is 0.382 e. The third kappa shape index (κ3) is 11.1. The molecular weight excluding hydrogens is 385 g/mol. The van der Waals surface area contributed by atoms with Crippen LogP contribution in [0.4, 0.5) is 0 Å². The lowest BCUT2D eigenvalue weighted by atomic mass is 10.2. The molecule has 1 heterocycles. The summed E-state index contributed by atoms with van der Waals surface area (Å²) in [6.45, 7) is 4.72. The van der Waals surface area contributed by atoms with Crippen molar-refractivity contribution in [2.24, 2.45) is 4.99 Å². The normalized spacial score (nSPS) is 18.4. The van der Waals surface area contributed by atoms with Crippen LogP contribution in [-0.4, -0.2) is 65.7 Å². The Balaban J connectivity index is 0.00000400. The van der Waals surface area contributed by atoms with E-state index in [1.165, 1.54) is 12.8 Å².